The summed E-state index contributed by atoms with van der Waals surface area (Å²) in [7, 11) is 0. The van der Waals surface area contributed by atoms with E-state index in [9.17, 15) is 0 Å². The molecule has 0 saturated heterocycles. The van der Waals surface area contributed by atoms with Gasteiger partial charge in [-0.1, -0.05) is 30.3 Å². The fourth-order valence-electron chi connectivity index (χ4n) is 2.64. The van der Waals surface area contributed by atoms with Gasteiger partial charge in [0, 0.05) is 29.9 Å². The van der Waals surface area contributed by atoms with Crippen LogP contribution in [-0.2, 0) is 0 Å². The van der Waals surface area contributed by atoms with Crippen molar-refractivity contribution < 1.29 is 14.6 Å². The molecule has 0 aliphatic carbocycles. The third-order valence-electron chi connectivity index (χ3n) is 3.84. The molecule has 3 aromatic rings. The van der Waals surface area contributed by atoms with Gasteiger partial charge in [0.2, 0.25) is 12.7 Å². The highest BCUT2D eigenvalue weighted by Gasteiger charge is 2.14. The number of nitrogens with one attached hydrogen (secondary N) is 2. The zero-order valence-corrected chi connectivity index (χ0v) is 14.0. The summed E-state index contributed by atoms with van der Waals surface area (Å²) in [6, 6.07) is 17.4. The molecule has 26 heavy (non-hydrogen) atoms. The number of hydrogen-bond acceptors (Lipinski definition) is 7. The van der Waals surface area contributed by atoms with Crippen LogP contribution in [0.15, 0.2) is 54.6 Å². The normalized spacial score (nSPS) is 12.0. The Balaban J connectivity index is 1.65. The van der Waals surface area contributed by atoms with Crippen LogP contribution in [0.5, 0.6) is 11.5 Å². The second kappa shape index (κ2) is 7.28. The summed E-state index contributed by atoms with van der Waals surface area (Å²) >= 11 is 0. The van der Waals surface area contributed by atoms with E-state index in [2.05, 4.69) is 20.6 Å². The van der Waals surface area contributed by atoms with Crippen LogP contribution in [0.2, 0.25) is 0 Å². The monoisotopic (exact) mass is 350 g/mol. The maximum absolute atomic E-state index is 9.05. The highest BCUT2D eigenvalue weighted by Crippen LogP contribution is 2.35. The molecule has 0 spiro atoms. The summed E-state index contributed by atoms with van der Waals surface area (Å²) in [5, 5.41) is 15.3. The van der Waals surface area contributed by atoms with Gasteiger partial charge in [0.05, 0.1) is 12.3 Å². The molecular weight excluding hydrogens is 332 g/mol. The van der Waals surface area contributed by atoms with Gasteiger partial charge in [0.15, 0.2) is 11.5 Å². The van der Waals surface area contributed by atoms with E-state index in [0.717, 1.165) is 22.7 Å². The fraction of sp³-hybridized carbons (Fsp3) is 0.158. The molecule has 0 atom stereocenters. The molecule has 1 aliphatic rings. The molecular formula is C19H18N4O3. The Bertz CT molecular complexity index is 903. The van der Waals surface area contributed by atoms with Crippen molar-refractivity contribution in [3.8, 4) is 22.8 Å². The highest BCUT2D eigenvalue weighted by molar-refractivity contribution is 5.68. The van der Waals surface area contributed by atoms with Crippen molar-refractivity contribution in [1.29, 1.82) is 0 Å². The van der Waals surface area contributed by atoms with Crippen molar-refractivity contribution in [3.05, 3.63) is 54.6 Å². The third kappa shape index (κ3) is 3.52. The minimum atomic E-state index is 0.00382. The number of anilines is 3. The van der Waals surface area contributed by atoms with Crippen molar-refractivity contribution in [3.63, 3.8) is 0 Å². The molecule has 3 N–H and O–H groups in total. The van der Waals surface area contributed by atoms with E-state index in [1.165, 1.54) is 0 Å². The van der Waals surface area contributed by atoms with Gasteiger partial charge in [0.25, 0.3) is 0 Å². The number of aromatic nitrogens is 2. The molecule has 1 aromatic heterocycles. The molecule has 2 aromatic carbocycles. The van der Waals surface area contributed by atoms with Crippen LogP contribution < -0.4 is 20.1 Å². The smallest absolute Gasteiger partial charge is 0.231 e. The Morgan fingerprint density at radius 2 is 1.81 bits per heavy atom. The minimum absolute atomic E-state index is 0.00382. The van der Waals surface area contributed by atoms with Crippen molar-refractivity contribution in [2.45, 2.75) is 0 Å². The largest absolute Gasteiger partial charge is 0.454 e. The average Bonchev–Trinajstić information content (AvgIpc) is 3.15. The van der Waals surface area contributed by atoms with Crippen LogP contribution >= 0.6 is 0 Å². The lowest BCUT2D eigenvalue weighted by molar-refractivity contribution is 0.174. The highest BCUT2D eigenvalue weighted by atomic mass is 16.7. The summed E-state index contributed by atoms with van der Waals surface area (Å²) in [5.74, 6) is 2.52. The maximum Gasteiger partial charge on any atom is 0.231 e. The number of hydrogen-bond donors (Lipinski definition) is 3. The van der Waals surface area contributed by atoms with Crippen LogP contribution in [0.3, 0.4) is 0 Å². The van der Waals surface area contributed by atoms with E-state index in [0.29, 0.717) is 24.1 Å². The van der Waals surface area contributed by atoms with Gasteiger partial charge in [-0.15, -0.1) is 0 Å². The molecule has 0 saturated carbocycles. The van der Waals surface area contributed by atoms with Crippen molar-refractivity contribution in [2.75, 3.05) is 30.6 Å². The number of aliphatic hydroxyl groups is 1. The van der Waals surface area contributed by atoms with Gasteiger partial charge >= 0.3 is 0 Å². The van der Waals surface area contributed by atoms with E-state index in [-0.39, 0.29) is 13.4 Å². The van der Waals surface area contributed by atoms with Crippen LogP contribution in [-0.4, -0.2) is 35.0 Å². The molecule has 0 radical (unpaired) electrons. The molecule has 0 bridgehead atoms. The lowest BCUT2D eigenvalue weighted by Crippen LogP contribution is -2.10. The summed E-state index contributed by atoms with van der Waals surface area (Å²) in [6.07, 6.45) is 0. The van der Waals surface area contributed by atoms with E-state index >= 15 is 0 Å². The first-order valence-electron chi connectivity index (χ1n) is 8.28. The van der Waals surface area contributed by atoms with Gasteiger partial charge in [-0.2, -0.15) is 4.98 Å². The van der Waals surface area contributed by atoms with Crippen LogP contribution in [0.1, 0.15) is 0 Å². The summed E-state index contributed by atoms with van der Waals surface area (Å²) in [4.78, 5) is 8.99. The van der Waals surface area contributed by atoms with E-state index in [4.69, 9.17) is 14.6 Å². The van der Waals surface area contributed by atoms with Gasteiger partial charge in [-0.3, -0.25) is 0 Å². The van der Waals surface area contributed by atoms with E-state index < -0.39 is 0 Å². The van der Waals surface area contributed by atoms with Gasteiger partial charge < -0.3 is 25.2 Å². The van der Waals surface area contributed by atoms with Gasteiger partial charge in [-0.25, -0.2) is 4.98 Å². The second-order valence-corrected chi connectivity index (χ2v) is 5.67. The first-order chi connectivity index (χ1) is 12.8. The summed E-state index contributed by atoms with van der Waals surface area (Å²) < 4.78 is 10.7. The first kappa shape index (κ1) is 16.2. The Labute approximate surface area is 150 Å². The molecule has 0 fully saturated rings. The van der Waals surface area contributed by atoms with Crippen molar-refractivity contribution in [2.24, 2.45) is 0 Å². The van der Waals surface area contributed by atoms with E-state index in [1.54, 1.807) is 0 Å². The lowest BCUT2D eigenvalue weighted by Gasteiger charge is -2.11. The Morgan fingerprint density at radius 1 is 0.962 bits per heavy atom. The fourth-order valence-corrected chi connectivity index (χ4v) is 2.64. The average molecular weight is 350 g/mol. The zero-order valence-electron chi connectivity index (χ0n) is 14.0. The first-order valence-corrected chi connectivity index (χ1v) is 8.28. The number of aliphatic hydroxyl groups excluding tert-OH is 1. The van der Waals surface area contributed by atoms with Gasteiger partial charge in [0.1, 0.15) is 5.82 Å². The Hall–Kier alpha value is -3.32. The Kier molecular flexibility index (Phi) is 4.53. The van der Waals surface area contributed by atoms with Gasteiger partial charge in [-0.05, 0) is 12.1 Å². The molecule has 2 heterocycles. The lowest BCUT2D eigenvalue weighted by atomic mass is 10.1. The van der Waals surface area contributed by atoms with Crippen molar-refractivity contribution >= 4 is 17.5 Å². The minimum Gasteiger partial charge on any atom is -0.454 e. The number of ether oxygens (including phenoxy) is 2. The quantitative estimate of drug-likeness (QED) is 0.630. The number of rotatable bonds is 6. The standard InChI is InChI=1S/C19H18N4O3/c24-9-8-20-19-22-15(13-4-2-1-3-5-13)11-18(23-19)21-14-6-7-16-17(10-14)26-12-25-16/h1-7,10-11,24H,8-9,12H2,(H2,20,21,22,23). The Morgan fingerprint density at radius 3 is 2.65 bits per heavy atom. The van der Waals surface area contributed by atoms with Crippen LogP contribution in [0, 0.1) is 0 Å². The predicted octanol–water partition coefficient (Wildman–Crippen LogP) is 3.02. The topological polar surface area (TPSA) is 88.5 Å². The molecule has 4 rings (SSSR count). The molecule has 1 aliphatic heterocycles. The number of fused-ring (bicyclic) bond motifs is 1. The molecule has 132 valence electrons. The van der Waals surface area contributed by atoms with Crippen LogP contribution in [0.4, 0.5) is 17.5 Å². The predicted molar refractivity (Wildman–Crippen MR) is 98.9 cm³/mol. The molecule has 7 nitrogen and oxygen atoms in total. The molecule has 7 heteroatoms. The van der Waals surface area contributed by atoms with E-state index in [1.807, 2.05) is 54.6 Å². The SMILES string of the molecule is OCCNc1nc(Nc2ccc3c(c2)OCO3)cc(-c2ccccc2)n1. The third-order valence-corrected chi connectivity index (χ3v) is 3.84. The molecule has 0 unspecified atom stereocenters. The summed E-state index contributed by atoms with van der Waals surface area (Å²) in [5.41, 5.74) is 2.60. The maximum atomic E-state index is 9.05. The van der Waals surface area contributed by atoms with Crippen LogP contribution in [0.25, 0.3) is 11.3 Å². The number of nitrogens with zero attached hydrogens (tertiary/aromatic N) is 2. The zero-order chi connectivity index (χ0) is 17.8. The van der Waals surface area contributed by atoms with Crippen molar-refractivity contribution in [1.82, 2.24) is 9.97 Å². The number of benzene rings is 2. The summed E-state index contributed by atoms with van der Waals surface area (Å²) in [6.45, 7) is 0.616. The second-order valence-electron chi connectivity index (χ2n) is 5.67. The molecule has 0 amide bonds.